The molecule has 0 aliphatic heterocycles. The number of halogens is 1. The summed E-state index contributed by atoms with van der Waals surface area (Å²) in [7, 11) is -3.32. The molecule has 98 valence electrons. The van der Waals surface area contributed by atoms with Gasteiger partial charge >= 0.3 is 0 Å². The first-order chi connectivity index (χ1) is 9.05. The maximum Gasteiger partial charge on any atom is 0.175 e. The second kappa shape index (κ2) is 5.80. The molecule has 4 heteroatoms. The van der Waals surface area contributed by atoms with Gasteiger partial charge < -0.3 is 0 Å². The number of hydrogen-bond acceptors (Lipinski definition) is 2. The third-order valence-corrected chi connectivity index (χ3v) is 3.83. The van der Waals surface area contributed by atoms with E-state index in [-0.39, 0.29) is 11.6 Å². The van der Waals surface area contributed by atoms with E-state index in [1.807, 2.05) is 6.07 Å². The SMILES string of the molecule is O=S(=O)(C=Cc1ccc(F)cc1)Cc1ccccc1. The lowest BCUT2D eigenvalue weighted by molar-refractivity contribution is 0.604. The van der Waals surface area contributed by atoms with Crippen LogP contribution in [0.5, 0.6) is 0 Å². The molecule has 19 heavy (non-hydrogen) atoms. The van der Waals surface area contributed by atoms with Gasteiger partial charge in [-0.25, -0.2) is 12.8 Å². The van der Waals surface area contributed by atoms with Gasteiger partial charge in [-0.2, -0.15) is 0 Å². The monoisotopic (exact) mass is 276 g/mol. The second-order valence-electron chi connectivity index (χ2n) is 4.15. The predicted octanol–water partition coefficient (Wildman–Crippen LogP) is 3.41. The average molecular weight is 276 g/mol. The van der Waals surface area contributed by atoms with Crippen molar-refractivity contribution in [3.05, 3.63) is 76.9 Å². The Balaban J connectivity index is 2.11. The Bertz CT molecular complexity index is 659. The Morgan fingerprint density at radius 1 is 0.947 bits per heavy atom. The number of benzene rings is 2. The van der Waals surface area contributed by atoms with Gasteiger partial charge in [-0.1, -0.05) is 42.5 Å². The second-order valence-corrected chi connectivity index (χ2v) is 6.03. The summed E-state index contributed by atoms with van der Waals surface area (Å²) in [6, 6.07) is 14.6. The van der Waals surface area contributed by atoms with E-state index >= 15 is 0 Å². The van der Waals surface area contributed by atoms with E-state index < -0.39 is 9.84 Å². The molecule has 0 aliphatic carbocycles. The summed E-state index contributed by atoms with van der Waals surface area (Å²) in [6.07, 6.45) is 1.47. The van der Waals surface area contributed by atoms with Gasteiger partial charge in [0.1, 0.15) is 5.82 Å². The fourth-order valence-corrected chi connectivity index (χ4v) is 2.73. The molecular weight excluding hydrogens is 263 g/mol. The highest BCUT2D eigenvalue weighted by Gasteiger charge is 2.07. The molecule has 0 heterocycles. The van der Waals surface area contributed by atoms with Crippen LogP contribution in [0.3, 0.4) is 0 Å². The normalized spacial score (nSPS) is 11.8. The van der Waals surface area contributed by atoms with Gasteiger partial charge in [0, 0.05) is 5.41 Å². The lowest BCUT2D eigenvalue weighted by Crippen LogP contribution is -1.99. The maximum absolute atomic E-state index is 12.7. The van der Waals surface area contributed by atoms with Crippen molar-refractivity contribution in [2.24, 2.45) is 0 Å². The van der Waals surface area contributed by atoms with E-state index in [0.29, 0.717) is 5.56 Å². The zero-order chi connectivity index (χ0) is 13.7. The van der Waals surface area contributed by atoms with Crippen LogP contribution in [0.25, 0.3) is 6.08 Å². The summed E-state index contributed by atoms with van der Waals surface area (Å²) >= 11 is 0. The first-order valence-electron chi connectivity index (χ1n) is 5.75. The smallest absolute Gasteiger partial charge is 0.175 e. The van der Waals surface area contributed by atoms with Crippen molar-refractivity contribution < 1.29 is 12.8 Å². The van der Waals surface area contributed by atoms with E-state index in [1.165, 1.54) is 30.3 Å². The van der Waals surface area contributed by atoms with Gasteiger partial charge in [0.15, 0.2) is 9.84 Å². The molecule has 0 saturated heterocycles. The van der Waals surface area contributed by atoms with Crippen LogP contribution in [0.2, 0.25) is 0 Å². The minimum atomic E-state index is -3.32. The molecule has 0 saturated carbocycles. The van der Waals surface area contributed by atoms with Gasteiger partial charge in [-0.15, -0.1) is 0 Å². The van der Waals surface area contributed by atoms with E-state index in [9.17, 15) is 12.8 Å². The van der Waals surface area contributed by atoms with Gasteiger partial charge in [0.2, 0.25) is 0 Å². The Kier molecular flexibility index (Phi) is 4.12. The molecule has 0 spiro atoms. The summed E-state index contributed by atoms with van der Waals surface area (Å²) < 4.78 is 36.5. The molecule has 0 aromatic heterocycles. The predicted molar refractivity (Wildman–Crippen MR) is 74.5 cm³/mol. The van der Waals surface area contributed by atoms with Crippen molar-refractivity contribution >= 4 is 15.9 Å². The third-order valence-electron chi connectivity index (χ3n) is 2.55. The number of rotatable bonds is 4. The highest BCUT2D eigenvalue weighted by Crippen LogP contribution is 2.10. The van der Waals surface area contributed by atoms with Crippen LogP contribution >= 0.6 is 0 Å². The third kappa shape index (κ3) is 4.34. The zero-order valence-corrected chi connectivity index (χ0v) is 11.0. The Morgan fingerprint density at radius 2 is 1.58 bits per heavy atom. The summed E-state index contributed by atoms with van der Waals surface area (Å²) in [4.78, 5) is 0. The molecular formula is C15H13FO2S. The van der Waals surface area contributed by atoms with E-state index in [1.54, 1.807) is 24.3 Å². The molecule has 0 atom stereocenters. The van der Waals surface area contributed by atoms with Gasteiger partial charge in [0.25, 0.3) is 0 Å². The van der Waals surface area contributed by atoms with Crippen LogP contribution in [0.4, 0.5) is 4.39 Å². The first kappa shape index (κ1) is 13.5. The van der Waals surface area contributed by atoms with E-state index in [0.717, 1.165) is 11.0 Å². The molecule has 0 unspecified atom stereocenters. The summed E-state index contributed by atoms with van der Waals surface area (Å²) in [5.41, 5.74) is 1.39. The molecule has 0 aliphatic rings. The largest absolute Gasteiger partial charge is 0.224 e. The fourth-order valence-electron chi connectivity index (χ4n) is 1.61. The molecule has 0 radical (unpaired) electrons. The van der Waals surface area contributed by atoms with Crippen LogP contribution < -0.4 is 0 Å². The molecule has 0 bridgehead atoms. The minimum Gasteiger partial charge on any atom is -0.224 e. The molecule has 0 amide bonds. The number of sulfone groups is 1. The molecule has 2 rings (SSSR count). The summed E-state index contributed by atoms with van der Waals surface area (Å²) in [5, 5.41) is 1.16. The van der Waals surface area contributed by atoms with Crippen molar-refractivity contribution in [2.45, 2.75) is 5.75 Å². The van der Waals surface area contributed by atoms with Crippen LogP contribution in [0.1, 0.15) is 11.1 Å². The zero-order valence-electron chi connectivity index (χ0n) is 10.2. The van der Waals surface area contributed by atoms with Crippen LogP contribution in [-0.4, -0.2) is 8.42 Å². The van der Waals surface area contributed by atoms with Gasteiger partial charge in [-0.3, -0.25) is 0 Å². The Morgan fingerprint density at radius 3 is 2.21 bits per heavy atom. The van der Waals surface area contributed by atoms with Gasteiger partial charge in [0.05, 0.1) is 5.75 Å². The van der Waals surface area contributed by atoms with Crippen molar-refractivity contribution in [1.82, 2.24) is 0 Å². The molecule has 2 nitrogen and oxygen atoms in total. The van der Waals surface area contributed by atoms with E-state index in [2.05, 4.69) is 0 Å². The summed E-state index contributed by atoms with van der Waals surface area (Å²) in [5.74, 6) is -0.379. The Hall–Kier alpha value is -1.94. The van der Waals surface area contributed by atoms with Crippen molar-refractivity contribution in [2.75, 3.05) is 0 Å². The fraction of sp³-hybridized carbons (Fsp3) is 0.0667. The van der Waals surface area contributed by atoms with Crippen LogP contribution in [0, 0.1) is 5.82 Å². The molecule has 0 N–H and O–H groups in total. The van der Waals surface area contributed by atoms with Crippen molar-refractivity contribution in [3.63, 3.8) is 0 Å². The molecule has 2 aromatic rings. The average Bonchev–Trinajstić information content (AvgIpc) is 2.39. The first-order valence-corrected chi connectivity index (χ1v) is 7.47. The van der Waals surface area contributed by atoms with Crippen LogP contribution in [-0.2, 0) is 15.6 Å². The highest BCUT2D eigenvalue weighted by atomic mass is 32.2. The summed E-state index contributed by atoms with van der Waals surface area (Å²) in [6.45, 7) is 0. The van der Waals surface area contributed by atoms with E-state index in [4.69, 9.17) is 0 Å². The lowest BCUT2D eigenvalue weighted by atomic mass is 10.2. The maximum atomic E-state index is 12.7. The number of hydrogen-bond donors (Lipinski definition) is 0. The van der Waals surface area contributed by atoms with Crippen molar-refractivity contribution in [3.8, 4) is 0 Å². The quantitative estimate of drug-likeness (QED) is 0.857. The molecule has 2 aromatic carbocycles. The lowest BCUT2D eigenvalue weighted by Gasteiger charge is -1.99. The van der Waals surface area contributed by atoms with Crippen LogP contribution in [0.15, 0.2) is 60.0 Å². The topological polar surface area (TPSA) is 34.1 Å². The molecule has 0 fully saturated rings. The Labute approximate surface area is 112 Å². The standard InChI is InChI=1S/C15H13FO2S/c16-15-8-6-13(7-9-15)10-11-19(17,18)12-14-4-2-1-3-5-14/h1-11H,12H2. The van der Waals surface area contributed by atoms with Gasteiger partial charge in [-0.05, 0) is 29.3 Å². The minimum absolute atomic E-state index is 0.0362. The van der Waals surface area contributed by atoms with Crippen molar-refractivity contribution in [1.29, 1.82) is 0 Å². The highest BCUT2D eigenvalue weighted by molar-refractivity contribution is 7.93.